The Bertz CT molecular complexity index is 1030. The van der Waals surface area contributed by atoms with E-state index in [2.05, 4.69) is 10.3 Å². The van der Waals surface area contributed by atoms with Crippen molar-refractivity contribution >= 4 is 46.5 Å². The number of nitrogens with zero attached hydrogens (tertiary/aromatic N) is 1. The van der Waals surface area contributed by atoms with Gasteiger partial charge >= 0.3 is 11.9 Å². The number of carbonyl (C=O) groups excluding carboxylic acids is 1. The van der Waals surface area contributed by atoms with Crippen LogP contribution in [0.5, 0.6) is 5.75 Å². The van der Waals surface area contributed by atoms with Crippen LogP contribution in [-0.2, 0) is 9.59 Å². The van der Waals surface area contributed by atoms with Crippen LogP contribution in [0.4, 0.5) is 5.69 Å². The van der Waals surface area contributed by atoms with Gasteiger partial charge in [-0.3, -0.25) is 9.59 Å². The van der Waals surface area contributed by atoms with Crippen LogP contribution < -0.4 is 10.1 Å². The Balaban J connectivity index is 1.73. The number of aliphatic carboxylic acids is 1. The predicted molar refractivity (Wildman–Crippen MR) is 108 cm³/mol. The van der Waals surface area contributed by atoms with Crippen molar-refractivity contribution in [3.63, 3.8) is 0 Å². The number of hydrogen-bond acceptors (Lipinski definition) is 6. The van der Waals surface area contributed by atoms with E-state index >= 15 is 0 Å². The van der Waals surface area contributed by atoms with Crippen molar-refractivity contribution in [2.45, 2.75) is 6.42 Å². The first-order valence-electron chi connectivity index (χ1n) is 8.48. The van der Waals surface area contributed by atoms with E-state index in [0.29, 0.717) is 27.1 Å². The fraction of sp³-hybridized carbons (Fsp3) is 0.100. The van der Waals surface area contributed by atoms with E-state index in [1.807, 2.05) is 0 Å². The van der Waals surface area contributed by atoms with E-state index < -0.39 is 11.9 Å². The smallest absolute Gasteiger partial charge is 0.335 e. The SMILES string of the molecule is O=C(O)CCOc1cccc(/C=C2\SC(=Nc3cccc(C(=O)O)c3)NC2=O)c1. The normalized spacial score (nSPS) is 16.1. The number of amides is 1. The molecule has 3 rings (SSSR count). The number of aliphatic imine (C=N–C) groups is 1. The molecule has 0 saturated carbocycles. The highest BCUT2D eigenvalue weighted by atomic mass is 32.2. The molecule has 29 heavy (non-hydrogen) atoms. The van der Waals surface area contributed by atoms with E-state index in [1.54, 1.807) is 42.5 Å². The van der Waals surface area contributed by atoms with E-state index in [1.165, 1.54) is 12.1 Å². The van der Waals surface area contributed by atoms with Crippen LogP contribution in [0, 0.1) is 0 Å². The molecule has 2 aromatic rings. The molecule has 2 aromatic carbocycles. The molecule has 8 nitrogen and oxygen atoms in total. The van der Waals surface area contributed by atoms with Crippen molar-refractivity contribution in [1.82, 2.24) is 5.32 Å². The summed E-state index contributed by atoms with van der Waals surface area (Å²) in [4.78, 5) is 38.5. The Morgan fingerprint density at radius 3 is 2.69 bits per heavy atom. The summed E-state index contributed by atoms with van der Waals surface area (Å²) >= 11 is 1.13. The zero-order valence-corrected chi connectivity index (χ0v) is 15.8. The van der Waals surface area contributed by atoms with Gasteiger partial charge in [-0.1, -0.05) is 18.2 Å². The molecule has 0 aromatic heterocycles. The van der Waals surface area contributed by atoms with Gasteiger partial charge in [-0.15, -0.1) is 0 Å². The summed E-state index contributed by atoms with van der Waals surface area (Å²) in [5.74, 6) is -1.81. The summed E-state index contributed by atoms with van der Waals surface area (Å²) in [5, 5.41) is 20.7. The molecule has 1 fully saturated rings. The minimum absolute atomic E-state index is 0.0524. The van der Waals surface area contributed by atoms with Crippen molar-refractivity contribution in [3.05, 3.63) is 64.6 Å². The molecule has 0 spiro atoms. The van der Waals surface area contributed by atoms with Gasteiger partial charge in [0.15, 0.2) is 5.17 Å². The number of nitrogens with one attached hydrogen (secondary N) is 1. The van der Waals surface area contributed by atoms with Crippen LogP contribution >= 0.6 is 11.8 Å². The van der Waals surface area contributed by atoms with Crippen LogP contribution in [0.25, 0.3) is 6.08 Å². The van der Waals surface area contributed by atoms with Gasteiger partial charge in [-0.05, 0) is 53.7 Å². The first-order chi connectivity index (χ1) is 13.9. The molecule has 0 atom stereocenters. The fourth-order valence-electron chi connectivity index (χ4n) is 2.41. The third-order valence-corrected chi connectivity index (χ3v) is 4.63. The zero-order valence-electron chi connectivity index (χ0n) is 15.0. The van der Waals surface area contributed by atoms with Crippen molar-refractivity contribution in [1.29, 1.82) is 0 Å². The van der Waals surface area contributed by atoms with Crippen molar-refractivity contribution < 1.29 is 29.3 Å². The Morgan fingerprint density at radius 1 is 1.14 bits per heavy atom. The van der Waals surface area contributed by atoms with Crippen LogP contribution in [0.15, 0.2) is 58.4 Å². The number of hydrogen-bond donors (Lipinski definition) is 3. The number of benzene rings is 2. The van der Waals surface area contributed by atoms with Crippen LogP contribution in [-0.4, -0.2) is 39.8 Å². The number of amidine groups is 1. The monoisotopic (exact) mass is 412 g/mol. The molecule has 1 heterocycles. The van der Waals surface area contributed by atoms with Gasteiger partial charge in [-0.2, -0.15) is 0 Å². The number of aromatic carboxylic acids is 1. The Kier molecular flexibility index (Phi) is 6.30. The van der Waals surface area contributed by atoms with Crippen molar-refractivity contribution in [2.24, 2.45) is 4.99 Å². The molecular weight excluding hydrogens is 396 g/mol. The van der Waals surface area contributed by atoms with Crippen LogP contribution in [0.2, 0.25) is 0 Å². The molecule has 1 saturated heterocycles. The number of carboxylic acid groups (broad SMARTS) is 2. The number of carboxylic acids is 2. The largest absolute Gasteiger partial charge is 0.493 e. The second-order valence-corrected chi connectivity index (χ2v) is 6.93. The van der Waals surface area contributed by atoms with E-state index in [9.17, 15) is 14.4 Å². The standard InChI is InChI=1S/C20H16N2O6S/c23-17(24)7-8-28-15-6-1-3-12(9-15)10-16-18(25)22-20(29-16)21-14-5-2-4-13(11-14)19(26)27/h1-6,9-11H,7-8H2,(H,23,24)(H,26,27)(H,21,22,25)/b16-10-. The summed E-state index contributed by atoms with van der Waals surface area (Å²) in [7, 11) is 0. The molecule has 9 heteroatoms. The van der Waals surface area contributed by atoms with Gasteiger partial charge in [0.25, 0.3) is 5.91 Å². The summed E-state index contributed by atoms with van der Waals surface area (Å²) in [6.07, 6.45) is 1.56. The highest BCUT2D eigenvalue weighted by Gasteiger charge is 2.24. The molecule has 0 bridgehead atoms. The van der Waals surface area contributed by atoms with Gasteiger partial charge in [0, 0.05) is 0 Å². The lowest BCUT2D eigenvalue weighted by Crippen LogP contribution is -2.19. The first-order valence-corrected chi connectivity index (χ1v) is 9.30. The Hall–Kier alpha value is -3.59. The Morgan fingerprint density at radius 2 is 1.93 bits per heavy atom. The second kappa shape index (κ2) is 9.07. The lowest BCUT2D eigenvalue weighted by atomic mass is 10.2. The highest BCUT2D eigenvalue weighted by molar-refractivity contribution is 8.18. The topological polar surface area (TPSA) is 125 Å². The van der Waals surface area contributed by atoms with Gasteiger partial charge in [0.2, 0.25) is 0 Å². The molecule has 0 aliphatic carbocycles. The second-order valence-electron chi connectivity index (χ2n) is 5.90. The van der Waals surface area contributed by atoms with E-state index in [4.69, 9.17) is 14.9 Å². The first kappa shape index (κ1) is 20.2. The van der Waals surface area contributed by atoms with Gasteiger partial charge in [0.1, 0.15) is 5.75 Å². The summed E-state index contributed by atoms with van der Waals surface area (Å²) < 4.78 is 5.39. The lowest BCUT2D eigenvalue weighted by Gasteiger charge is -2.05. The third-order valence-electron chi connectivity index (χ3n) is 3.72. The van der Waals surface area contributed by atoms with Crippen molar-refractivity contribution in [2.75, 3.05) is 6.61 Å². The molecule has 1 amide bonds. The van der Waals surface area contributed by atoms with Crippen LogP contribution in [0.3, 0.4) is 0 Å². The molecule has 148 valence electrons. The summed E-state index contributed by atoms with van der Waals surface area (Å²) in [6, 6.07) is 13.0. The quantitative estimate of drug-likeness (QED) is 0.597. The molecule has 1 aliphatic rings. The van der Waals surface area contributed by atoms with Crippen molar-refractivity contribution in [3.8, 4) is 5.75 Å². The third kappa shape index (κ3) is 5.69. The summed E-state index contributed by atoms with van der Waals surface area (Å²) in [5.41, 5.74) is 1.24. The molecule has 1 aliphatic heterocycles. The molecule has 3 N–H and O–H groups in total. The minimum Gasteiger partial charge on any atom is -0.493 e. The molecule has 0 radical (unpaired) electrons. The maximum atomic E-state index is 12.2. The Labute approximate surface area is 169 Å². The van der Waals surface area contributed by atoms with Gasteiger partial charge in [0.05, 0.1) is 29.2 Å². The van der Waals surface area contributed by atoms with Gasteiger partial charge in [-0.25, -0.2) is 9.79 Å². The number of thioether (sulfide) groups is 1. The van der Waals surface area contributed by atoms with E-state index in [-0.39, 0.29) is 24.5 Å². The van der Waals surface area contributed by atoms with Gasteiger partial charge < -0.3 is 20.3 Å². The minimum atomic E-state index is -1.05. The fourth-order valence-corrected chi connectivity index (χ4v) is 3.25. The zero-order chi connectivity index (χ0) is 20.8. The highest BCUT2D eigenvalue weighted by Crippen LogP contribution is 2.29. The van der Waals surface area contributed by atoms with Crippen LogP contribution in [0.1, 0.15) is 22.3 Å². The predicted octanol–water partition coefficient (Wildman–Crippen LogP) is 3.13. The average molecular weight is 412 g/mol. The maximum Gasteiger partial charge on any atom is 0.335 e. The molecular formula is C20H16N2O6S. The molecule has 0 unspecified atom stereocenters. The summed E-state index contributed by atoms with van der Waals surface area (Å²) in [6.45, 7) is 0.0524. The maximum absolute atomic E-state index is 12.2. The average Bonchev–Trinajstić information content (AvgIpc) is 3.00. The number of ether oxygens (including phenoxy) is 1. The van der Waals surface area contributed by atoms with E-state index in [0.717, 1.165) is 11.8 Å². The number of rotatable bonds is 7. The lowest BCUT2D eigenvalue weighted by molar-refractivity contribution is -0.137. The number of carbonyl (C=O) groups is 3.